The highest BCUT2D eigenvalue weighted by Crippen LogP contribution is 2.25. The third-order valence-electron chi connectivity index (χ3n) is 3.02. The molecule has 3 rings (SSSR count). The van der Waals surface area contributed by atoms with E-state index in [4.69, 9.17) is 5.11 Å². The van der Waals surface area contributed by atoms with Crippen LogP contribution in [0.5, 0.6) is 0 Å². The van der Waals surface area contributed by atoms with E-state index in [1.807, 2.05) is 12.1 Å². The third-order valence-corrected chi connectivity index (χ3v) is 3.02. The van der Waals surface area contributed by atoms with Crippen LogP contribution in [0.1, 0.15) is 21.6 Å². The molecular weight excluding hydrogens is 230 g/mol. The minimum atomic E-state index is -1.06. The summed E-state index contributed by atoms with van der Waals surface area (Å²) in [5.41, 5.74) is 2.53. The maximum atomic E-state index is 10.7. The van der Waals surface area contributed by atoms with Crippen molar-refractivity contribution in [2.45, 2.75) is 13.1 Å². The second-order valence-electron chi connectivity index (χ2n) is 4.19. The van der Waals surface area contributed by atoms with Crippen molar-refractivity contribution < 1.29 is 9.90 Å². The zero-order valence-corrected chi connectivity index (χ0v) is 9.58. The second kappa shape index (κ2) is 4.10. The Balaban J connectivity index is 1.84. The minimum Gasteiger partial charge on any atom is -0.476 e. The van der Waals surface area contributed by atoms with Gasteiger partial charge in [0.2, 0.25) is 0 Å². The van der Waals surface area contributed by atoms with E-state index in [9.17, 15) is 4.79 Å². The van der Waals surface area contributed by atoms with Crippen molar-refractivity contribution in [1.29, 1.82) is 0 Å². The first-order chi connectivity index (χ1) is 8.74. The van der Waals surface area contributed by atoms with Crippen molar-refractivity contribution >= 4 is 11.8 Å². The number of aromatic carboxylic acids is 1. The summed E-state index contributed by atoms with van der Waals surface area (Å²) in [4.78, 5) is 20.8. The van der Waals surface area contributed by atoms with E-state index in [-0.39, 0.29) is 5.69 Å². The Morgan fingerprint density at radius 2 is 1.78 bits per heavy atom. The Kier molecular flexibility index (Phi) is 2.44. The highest BCUT2D eigenvalue weighted by molar-refractivity contribution is 5.84. The molecule has 2 heterocycles. The van der Waals surface area contributed by atoms with Gasteiger partial charge in [-0.05, 0) is 11.1 Å². The summed E-state index contributed by atoms with van der Waals surface area (Å²) in [6.45, 7) is 1.58. The summed E-state index contributed by atoms with van der Waals surface area (Å²) in [5.74, 6) is -0.352. The van der Waals surface area contributed by atoms with E-state index in [0.29, 0.717) is 5.82 Å². The van der Waals surface area contributed by atoms with Crippen LogP contribution < -0.4 is 4.90 Å². The largest absolute Gasteiger partial charge is 0.476 e. The summed E-state index contributed by atoms with van der Waals surface area (Å²) in [6, 6.07) is 8.21. The van der Waals surface area contributed by atoms with E-state index in [0.717, 1.165) is 13.1 Å². The summed E-state index contributed by atoms with van der Waals surface area (Å²) >= 11 is 0. The molecule has 0 fully saturated rings. The molecule has 0 radical (unpaired) electrons. The van der Waals surface area contributed by atoms with Gasteiger partial charge in [0.25, 0.3) is 0 Å². The van der Waals surface area contributed by atoms with E-state index < -0.39 is 5.97 Å². The number of rotatable bonds is 2. The molecule has 1 aliphatic rings. The quantitative estimate of drug-likeness (QED) is 0.866. The van der Waals surface area contributed by atoms with Crippen molar-refractivity contribution in [2.75, 3.05) is 4.90 Å². The van der Waals surface area contributed by atoms with Gasteiger partial charge in [-0.15, -0.1) is 0 Å². The molecule has 18 heavy (non-hydrogen) atoms. The van der Waals surface area contributed by atoms with Crippen LogP contribution in [0.25, 0.3) is 0 Å². The van der Waals surface area contributed by atoms with Crippen LogP contribution in [0.4, 0.5) is 5.82 Å². The van der Waals surface area contributed by atoms with Crippen molar-refractivity contribution in [1.82, 2.24) is 9.97 Å². The van der Waals surface area contributed by atoms with Crippen LogP contribution in [0.15, 0.2) is 36.7 Å². The molecule has 0 atom stereocenters. The Morgan fingerprint density at radius 1 is 1.11 bits per heavy atom. The fourth-order valence-corrected chi connectivity index (χ4v) is 2.09. The topological polar surface area (TPSA) is 66.3 Å². The summed E-state index contributed by atoms with van der Waals surface area (Å²) in [6.07, 6.45) is 2.80. The molecule has 0 saturated carbocycles. The van der Waals surface area contributed by atoms with Gasteiger partial charge in [0, 0.05) is 13.1 Å². The molecule has 0 bridgehead atoms. The van der Waals surface area contributed by atoms with Crippen LogP contribution in [0.3, 0.4) is 0 Å². The molecule has 0 amide bonds. The molecule has 0 unspecified atom stereocenters. The average Bonchev–Trinajstić information content (AvgIpc) is 2.82. The molecule has 0 saturated heterocycles. The summed E-state index contributed by atoms with van der Waals surface area (Å²) in [7, 11) is 0. The van der Waals surface area contributed by atoms with E-state index >= 15 is 0 Å². The molecular formula is C13H11N3O2. The SMILES string of the molecule is O=C(O)c1cnc(N2Cc3ccccc3C2)cn1. The van der Waals surface area contributed by atoms with Gasteiger partial charge in [0.05, 0.1) is 12.4 Å². The number of nitrogens with zero attached hydrogens (tertiary/aromatic N) is 3. The highest BCUT2D eigenvalue weighted by Gasteiger charge is 2.19. The number of fused-ring (bicyclic) bond motifs is 1. The van der Waals surface area contributed by atoms with Crippen molar-refractivity contribution in [2.24, 2.45) is 0 Å². The molecule has 0 spiro atoms. The number of aromatic nitrogens is 2. The number of hydrogen-bond acceptors (Lipinski definition) is 4. The predicted octanol–water partition coefficient (Wildman–Crippen LogP) is 1.70. The Bertz CT molecular complexity index is 570. The lowest BCUT2D eigenvalue weighted by Crippen LogP contribution is -2.16. The van der Waals surface area contributed by atoms with Gasteiger partial charge in [-0.1, -0.05) is 24.3 Å². The smallest absolute Gasteiger partial charge is 0.356 e. The summed E-state index contributed by atoms with van der Waals surface area (Å²) in [5, 5.41) is 8.77. The first-order valence-corrected chi connectivity index (χ1v) is 5.61. The van der Waals surface area contributed by atoms with Crippen LogP contribution in [-0.2, 0) is 13.1 Å². The maximum Gasteiger partial charge on any atom is 0.356 e. The van der Waals surface area contributed by atoms with Crippen molar-refractivity contribution in [3.05, 3.63) is 53.5 Å². The van der Waals surface area contributed by atoms with Crippen LogP contribution in [0, 0.1) is 0 Å². The maximum absolute atomic E-state index is 10.7. The first kappa shape index (κ1) is 10.7. The van der Waals surface area contributed by atoms with Gasteiger partial charge < -0.3 is 10.0 Å². The molecule has 90 valence electrons. The van der Waals surface area contributed by atoms with E-state index in [2.05, 4.69) is 27.0 Å². The summed E-state index contributed by atoms with van der Waals surface area (Å²) < 4.78 is 0. The van der Waals surface area contributed by atoms with Gasteiger partial charge in [-0.25, -0.2) is 14.8 Å². The predicted molar refractivity (Wildman–Crippen MR) is 65.3 cm³/mol. The van der Waals surface area contributed by atoms with Gasteiger partial charge in [0.1, 0.15) is 5.82 Å². The zero-order valence-electron chi connectivity index (χ0n) is 9.58. The van der Waals surface area contributed by atoms with Gasteiger partial charge in [0.15, 0.2) is 5.69 Å². The number of benzene rings is 1. The normalized spacial score (nSPS) is 13.4. The van der Waals surface area contributed by atoms with Crippen molar-refractivity contribution in [3.63, 3.8) is 0 Å². The molecule has 5 heteroatoms. The first-order valence-electron chi connectivity index (χ1n) is 5.61. The monoisotopic (exact) mass is 241 g/mol. The van der Waals surface area contributed by atoms with Crippen molar-refractivity contribution in [3.8, 4) is 0 Å². The minimum absolute atomic E-state index is 0.0320. The fourth-order valence-electron chi connectivity index (χ4n) is 2.09. The number of hydrogen-bond donors (Lipinski definition) is 1. The molecule has 1 aromatic heterocycles. The lowest BCUT2D eigenvalue weighted by atomic mass is 10.1. The Hall–Kier alpha value is -2.43. The number of carboxylic acid groups (broad SMARTS) is 1. The fraction of sp³-hybridized carbons (Fsp3) is 0.154. The Morgan fingerprint density at radius 3 is 2.28 bits per heavy atom. The standard InChI is InChI=1S/C13H11N3O2/c17-13(18)11-5-15-12(6-14-11)16-7-9-3-1-2-4-10(9)8-16/h1-6H,7-8H2,(H,17,18). The number of anilines is 1. The third kappa shape index (κ3) is 1.79. The van der Waals surface area contributed by atoms with E-state index in [1.54, 1.807) is 0 Å². The zero-order chi connectivity index (χ0) is 12.5. The molecule has 5 nitrogen and oxygen atoms in total. The van der Waals surface area contributed by atoms with Gasteiger partial charge in [-0.2, -0.15) is 0 Å². The van der Waals surface area contributed by atoms with Crippen LogP contribution >= 0.6 is 0 Å². The molecule has 1 N–H and O–H groups in total. The van der Waals surface area contributed by atoms with E-state index in [1.165, 1.54) is 23.5 Å². The number of carboxylic acids is 1. The lowest BCUT2D eigenvalue weighted by Gasteiger charge is -2.15. The lowest BCUT2D eigenvalue weighted by molar-refractivity contribution is 0.0690. The molecule has 0 aliphatic carbocycles. The van der Waals surface area contributed by atoms with Crippen LogP contribution in [-0.4, -0.2) is 21.0 Å². The number of carbonyl (C=O) groups is 1. The second-order valence-corrected chi connectivity index (χ2v) is 4.19. The van der Waals surface area contributed by atoms with Crippen LogP contribution in [0.2, 0.25) is 0 Å². The highest BCUT2D eigenvalue weighted by atomic mass is 16.4. The molecule has 2 aromatic rings. The Labute approximate surface area is 104 Å². The van der Waals surface area contributed by atoms with Gasteiger partial charge >= 0.3 is 5.97 Å². The molecule has 1 aliphatic heterocycles. The van der Waals surface area contributed by atoms with Gasteiger partial charge in [-0.3, -0.25) is 0 Å². The average molecular weight is 241 g/mol. The molecule has 1 aromatic carbocycles.